The van der Waals surface area contributed by atoms with E-state index < -0.39 is 5.41 Å². The summed E-state index contributed by atoms with van der Waals surface area (Å²) >= 11 is 0. The highest BCUT2D eigenvalue weighted by Crippen LogP contribution is 2.57. The predicted octanol–water partition coefficient (Wildman–Crippen LogP) is 8.39. The van der Waals surface area contributed by atoms with Crippen LogP contribution in [-0.4, -0.2) is 36.6 Å². The minimum absolute atomic E-state index is 0.107. The van der Waals surface area contributed by atoms with Gasteiger partial charge in [0, 0.05) is 26.1 Å². The van der Waals surface area contributed by atoms with Gasteiger partial charge in [0.15, 0.2) is 0 Å². The summed E-state index contributed by atoms with van der Waals surface area (Å²) in [6.45, 7) is 1.16. The molecule has 0 bridgehead atoms. The van der Waals surface area contributed by atoms with E-state index >= 15 is 0 Å². The SMILES string of the molecule is OCCCOc1ccc(C2(c3ccc(OCCCO)cc3)c3ccccc3-c3cc(-c4ccc5ccccc5c4)ccc32)cc1. The lowest BCUT2D eigenvalue weighted by Gasteiger charge is -2.34. The fourth-order valence-electron chi connectivity index (χ4n) is 6.73. The predicted molar refractivity (Wildman–Crippen MR) is 181 cm³/mol. The number of benzene rings is 6. The van der Waals surface area contributed by atoms with Crippen LogP contribution in [0.1, 0.15) is 35.1 Å². The van der Waals surface area contributed by atoms with Crippen LogP contribution in [0.5, 0.6) is 11.5 Å². The Labute approximate surface area is 264 Å². The Morgan fingerprint density at radius 2 is 1.00 bits per heavy atom. The maximum atomic E-state index is 9.20. The van der Waals surface area contributed by atoms with E-state index in [-0.39, 0.29) is 13.2 Å². The summed E-state index contributed by atoms with van der Waals surface area (Å²) in [6.07, 6.45) is 1.19. The van der Waals surface area contributed by atoms with Crippen molar-refractivity contribution in [1.29, 1.82) is 0 Å². The number of hydrogen-bond acceptors (Lipinski definition) is 4. The molecule has 0 heterocycles. The number of rotatable bonds is 11. The molecule has 0 spiro atoms. The van der Waals surface area contributed by atoms with Gasteiger partial charge in [-0.3, -0.25) is 0 Å². The fraction of sp³-hybridized carbons (Fsp3) is 0.171. The van der Waals surface area contributed by atoms with E-state index in [1.54, 1.807) is 0 Å². The van der Waals surface area contributed by atoms with Gasteiger partial charge in [-0.1, -0.05) is 97.1 Å². The fourth-order valence-corrected chi connectivity index (χ4v) is 6.73. The second-order valence-corrected chi connectivity index (χ2v) is 11.5. The number of aliphatic hydroxyl groups excluding tert-OH is 2. The first-order valence-corrected chi connectivity index (χ1v) is 15.6. The Morgan fingerprint density at radius 3 is 1.64 bits per heavy atom. The van der Waals surface area contributed by atoms with Gasteiger partial charge in [0.2, 0.25) is 0 Å². The van der Waals surface area contributed by atoms with Crippen molar-refractivity contribution >= 4 is 10.8 Å². The number of fused-ring (bicyclic) bond motifs is 4. The van der Waals surface area contributed by atoms with Crippen LogP contribution >= 0.6 is 0 Å². The van der Waals surface area contributed by atoms with E-state index in [0.29, 0.717) is 26.1 Å². The van der Waals surface area contributed by atoms with Crippen LogP contribution < -0.4 is 9.47 Å². The third-order valence-corrected chi connectivity index (χ3v) is 8.84. The minimum Gasteiger partial charge on any atom is -0.494 e. The molecule has 0 aromatic heterocycles. The molecule has 0 atom stereocenters. The molecule has 0 radical (unpaired) electrons. The van der Waals surface area contributed by atoms with Crippen molar-refractivity contribution in [3.05, 3.63) is 156 Å². The summed E-state index contributed by atoms with van der Waals surface area (Å²) in [7, 11) is 0. The number of aliphatic hydroxyl groups is 2. The summed E-state index contributed by atoms with van der Waals surface area (Å²) in [5.41, 5.74) is 9.04. The van der Waals surface area contributed by atoms with Crippen molar-refractivity contribution in [3.63, 3.8) is 0 Å². The minimum atomic E-state index is -0.554. The van der Waals surface area contributed by atoms with Gasteiger partial charge in [0.05, 0.1) is 18.6 Å². The number of hydrogen-bond donors (Lipinski definition) is 2. The first kappa shape index (κ1) is 28.8. The Morgan fingerprint density at radius 1 is 0.467 bits per heavy atom. The molecule has 0 unspecified atom stereocenters. The normalized spacial score (nSPS) is 12.9. The standard InChI is InChI=1S/C41H36O4/c42-23-5-25-44-35-18-14-33(15-19-35)41(34-16-20-36(21-17-34)45-26-6-24-43)39-10-4-3-9-37(39)38-28-32(13-22-40(38)41)31-12-11-29-7-1-2-8-30(29)27-31/h1-4,7-22,27-28,42-43H,5-6,23-26H2. The summed E-state index contributed by atoms with van der Waals surface area (Å²) in [6, 6.07) is 47.6. The maximum Gasteiger partial charge on any atom is 0.119 e. The molecule has 6 aromatic carbocycles. The zero-order valence-corrected chi connectivity index (χ0v) is 25.2. The van der Waals surface area contributed by atoms with Gasteiger partial charge in [-0.05, 0) is 91.7 Å². The molecule has 0 aliphatic heterocycles. The summed E-state index contributed by atoms with van der Waals surface area (Å²) in [5.74, 6) is 1.57. The van der Waals surface area contributed by atoms with Gasteiger partial charge in [-0.25, -0.2) is 0 Å². The highest BCUT2D eigenvalue weighted by molar-refractivity contribution is 5.91. The van der Waals surface area contributed by atoms with E-state index in [4.69, 9.17) is 9.47 Å². The Bertz CT molecular complexity index is 1870. The van der Waals surface area contributed by atoms with E-state index in [9.17, 15) is 10.2 Å². The third-order valence-electron chi connectivity index (χ3n) is 8.84. The largest absolute Gasteiger partial charge is 0.494 e. The molecule has 0 fully saturated rings. The van der Waals surface area contributed by atoms with Crippen molar-refractivity contribution in [2.45, 2.75) is 18.3 Å². The van der Waals surface area contributed by atoms with Crippen LogP contribution in [0.25, 0.3) is 33.0 Å². The molecule has 2 N–H and O–H groups in total. The molecule has 7 rings (SSSR count). The van der Waals surface area contributed by atoms with Gasteiger partial charge in [0.1, 0.15) is 11.5 Å². The smallest absolute Gasteiger partial charge is 0.119 e. The lowest BCUT2D eigenvalue weighted by Crippen LogP contribution is -2.28. The molecule has 0 saturated heterocycles. The van der Waals surface area contributed by atoms with Crippen molar-refractivity contribution in [1.82, 2.24) is 0 Å². The van der Waals surface area contributed by atoms with Crippen molar-refractivity contribution in [3.8, 4) is 33.8 Å². The lowest BCUT2D eigenvalue weighted by atomic mass is 9.67. The molecule has 6 aromatic rings. The average Bonchev–Trinajstić information content (AvgIpc) is 3.39. The second-order valence-electron chi connectivity index (χ2n) is 11.5. The van der Waals surface area contributed by atoms with Crippen LogP contribution in [0.2, 0.25) is 0 Å². The van der Waals surface area contributed by atoms with Crippen LogP contribution in [0.4, 0.5) is 0 Å². The van der Waals surface area contributed by atoms with E-state index in [2.05, 4.69) is 109 Å². The van der Waals surface area contributed by atoms with Gasteiger partial charge < -0.3 is 19.7 Å². The quantitative estimate of drug-likeness (QED) is 0.148. The summed E-state index contributed by atoms with van der Waals surface area (Å²) < 4.78 is 11.8. The summed E-state index contributed by atoms with van der Waals surface area (Å²) in [5, 5.41) is 20.9. The third kappa shape index (κ3) is 5.27. The van der Waals surface area contributed by atoms with Gasteiger partial charge >= 0.3 is 0 Å². The molecular formula is C41H36O4. The van der Waals surface area contributed by atoms with Crippen LogP contribution in [0, 0.1) is 0 Å². The Kier molecular flexibility index (Phi) is 8.08. The second kappa shape index (κ2) is 12.6. The van der Waals surface area contributed by atoms with Crippen LogP contribution in [0.15, 0.2) is 133 Å². The van der Waals surface area contributed by atoms with Crippen molar-refractivity contribution < 1.29 is 19.7 Å². The molecule has 1 aliphatic carbocycles. The first-order chi connectivity index (χ1) is 22.2. The topological polar surface area (TPSA) is 58.9 Å². The van der Waals surface area contributed by atoms with E-state index in [0.717, 1.165) is 22.6 Å². The van der Waals surface area contributed by atoms with Crippen LogP contribution in [-0.2, 0) is 5.41 Å². The number of ether oxygens (including phenoxy) is 2. The molecule has 4 heteroatoms. The molecule has 4 nitrogen and oxygen atoms in total. The molecule has 224 valence electrons. The molecule has 0 amide bonds. The molecular weight excluding hydrogens is 556 g/mol. The zero-order valence-electron chi connectivity index (χ0n) is 25.2. The van der Waals surface area contributed by atoms with Gasteiger partial charge in [0.25, 0.3) is 0 Å². The first-order valence-electron chi connectivity index (χ1n) is 15.6. The lowest BCUT2D eigenvalue weighted by molar-refractivity contribution is 0.233. The monoisotopic (exact) mass is 592 g/mol. The molecule has 0 saturated carbocycles. The maximum absolute atomic E-state index is 9.20. The Hall–Kier alpha value is -4.90. The highest BCUT2D eigenvalue weighted by atomic mass is 16.5. The van der Waals surface area contributed by atoms with Crippen molar-refractivity contribution in [2.75, 3.05) is 26.4 Å². The van der Waals surface area contributed by atoms with Crippen LogP contribution in [0.3, 0.4) is 0 Å². The average molecular weight is 593 g/mol. The molecule has 1 aliphatic rings. The van der Waals surface area contributed by atoms with Gasteiger partial charge in [-0.2, -0.15) is 0 Å². The zero-order chi connectivity index (χ0) is 30.6. The van der Waals surface area contributed by atoms with E-state index in [1.807, 2.05) is 24.3 Å². The van der Waals surface area contributed by atoms with E-state index in [1.165, 1.54) is 44.2 Å². The van der Waals surface area contributed by atoms with Crippen molar-refractivity contribution in [2.24, 2.45) is 0 Å². The highest BCUT2D eigenvalue weighted by Gasteiger charge is 2.46. The Balaban J connectivity index is 1.39. The summed E-state index contributed by atoms with van der Waals surface area (Å²) in [4.78, 5) is 0. The van der Waals surface area contributed by atoms with Gasteiger partial charge in [-0.15, -0.1) is 0 Å². The molecule has 45 heavy (non-hydrogen) atoms.